The average molecular weight is 322 g/mol. The third-order valence-corrected chi connectivity index (χ3v) is 6.69. The van der Waals surface area contributed by atoms with Crippen molar-refractivity contribution in [2.24, 2.45) is 0 Å². The molecule has 0 saturated carbocycles. The van der Waals surface area contributed by atoms with Crippen molar-refractivity contribution in [1.29, 1.82) is 0 Å². The van der Waals surface area contributed by atoms with Crippen LogP contribution in [0.1, 0.15) is 30.7 Å². The standard InChI is InChI=1S/C17H23NOS2/c1-3-6-18-17(16-11-20-7-8-21-16)15-10-13-9-12(2)4-5-14(13)19-15/h4-5,9-10,16-18H,3,6-8,11H2,1-2H3. The first kappa shape index (κ1) is 15.3. The number of thioether (sulfide) groups is 2. The molecule has 1 saturated heterocycles. The minimum Gasteiger partial charge on any atom is -0.459 e. The number of furan rings is 1. The highest BCUT2D eigenvalue weighted by Crippen LogP contribution is 2.35. The highest BCUT2D eigenvalue weighted by atomic mass is 32.2. The number of fused-ring (bicyclic) bond motifs is 1. The predicted molar refractivity (Wildman–Crippen MR) is 95.6 cm³/mol. The fraction of sp³-hybridized carbons (Fsp3) is 0.529. The maximum absolute atomic E-state index is 6.15. The van der Waals surface area contributed by atoms with Crippen molar-refractivity contribution in [3.8, 4) is 0 Å². The van der Waals surface area contributed by atoms with Crippen molar-refractivity contribution < 1.29 is 4.42 Å². The summed E-state index contributed by atoms with van der Waals surface area (Å²) in [5.74, 6) is 4.84. The minimum atomic E-state index is 0.329. The van der Waals surface area contributed by atoms with Crippen LogP contribution in [0.4, 0.5) is 0 Å². The van der Waals surface area contributed by atoms with E-state index in [1.165, 1.54) is 28.2 Å². The fourth-order valence-electron chi connectivity index (χ4n) is 2.75. The molecular formula is C17H23NOS2. The van der Waals surface area contributed by atoms with E-state index in [2.05, 4.69) is 67.0 Å². The topological polar surface area (TPSA) is 25.2 Å². The van der Waals surface area contributed by atoms with Gasteiger partial charge in [0.05, 0.1) is 6.04 Å². The van der Waals surface area contributed by atoms with E-state index in [1.54, 1.807) is 0 Å². The molecule has 1 aliphatic rings. The van der Waals surface area contributed by atoms with Gasteiger partial charge in [-0.15, -0.1) is 0 Å². The molecule has 0 spiro atoms. The highest BCUT2D eigenvalue weighted by molar-refractivity contribution is 8.06. The van der Waals surface area contributed by atoms with Crippen molar-refractivity contribution in [3.63, 3.8) is 0 Å². The summed E-state index contributed by atoms with van der Waals surface area (Å²) in [5.41, 5.74) is 2.29. The van der Waals surface area contributed by atoms with E-state index in [-0.39, 0.29) is 0 Å². The average Bonchev–Trinajstić information content (AvgIpc) is 2.91. The van der Waals surface area contributed by atoms with Crippen molar-refractivity contribution in [2.45, 2.75) is 31.6 Å². The molecule has 1 aliphatic heterocycles. The normalized spacial score (nSPS) is 20.8. The van der Waals surface area contributed by atoms with E-state index in [1.807, 2.05) is 0 Å². The molecule has 114 valence electrons. The summed E-state index contributed by atoms with van der Waals surface area (Å²) in [4.78, 5) is 0. The highest BCUT2D eigenvalue weighted by Gasteiger charge is 2.28. The van der Waals surface area contributed by atoms with Crippen LogP contribution in [0, 0.1) is 6.92 Å². The van der Waals surface area contributed by atoms with Gasteiger partial charge in [-0.25, -0.2) is 0 Å². The van der Waals surface area contributed by atoms with Crippen molar-refractivity contribution in [2.75, 3.05) is 23.8 Å². The molecule has 1 fully saturated rings. The number of nitrogens with one attached hydrogen (secondary N) is 1. The summed E-state index contributed by atoms with van der Waals surface area (Å²) in [7, 11) is 0. The molecule has 1 aromatic carbocycles. The minimum absolute atomic E-state index is 0.329. The Bertz CT molecular complexity index is 589. The van der Waals surface area contributed by atoms with Gasteiger partial charge >= 0.3 is 0 Å². The molecule has 0 radical (unpaired) electrons. The molecule has 1 N–H and O–H groups in total. The van der Waals surface area contributed by atoms with Gasteiger partial charge in [-0.2, -0.15) is 23.5 Å². The lowest BCUT2D eigenvalue weighted by molar-refractivity contribution is 0.429. The first-order chi connectivity index (χ1) is 10.3. The molecule has 2 unspecified atom stereocenters. The van der Waals surface area contributed by atoms with E-state index in [9.17, 15) is 0 Å². The number of hydrogen-bond acceptors (Lipinski definition) is 4. The molecule has 0 bridgehead atoms. The molecule has 2 heterocycles. The summed E-state index contributed by atoms with van der Waals surface area (Å²) >= 11 is 4.15. The number of rotatable bonds is 5. The van der Waals surface area contributed by atoms with Crippen LogP contribution >= 0.6 is 23.5 Å². The van der Waals surface area contributed by atoms with E-state index >= 15 is 0 Å². The first-order valence-corrected chi connectivity index (χ1v) is 9.91. The monoisotopic (exact) mass is 321 g/mol. The van der Waals surface area contributed by atoms with Gasteiger partial charge in [0, 0.05) is 27.9 Å². The second-order valence-corrected chi connectivity index (χ2v) is 8.10. The smallest absolute Gasteiger partial charge is 0.134 e. The van der Waals surface area contributed by atoms with Gasteiger partial charge in [0.15, 0.2) is 0 Å². The van der Waals surface area contributed by atoms with Gasteiger partial charge in [-0.05, 0) is 38.1 Å². The Kier molecular flexibility index (Phi) is 5.19. The van der Waals surface area contributed by atoms with Crippen molar-refractivity contribution in [1.82, 2.24) is 5.32 Å². The second kappa shape index (κ2) is 7.12. The second-order valence-electron chi connectivity index (χ2n) is 5.61. The zero-order chi connectivity index (χ0) is 14.7. The van der Waals surface area contributed by atoms with Crippen molar-refractivity contribution in [3.05, 3.63) is 35.6 Å². The van der Waals surface area contributed by atoms with E-state index in [0.717, 1.165) is 24.3 Å². The largest absolute Gasteiger partial charge is 0.459 e. The Labute approximate surface area is 135 Å². The summed E-state index contributed by atoms with van der Waals surface area (Å²) in [6.45, 7) is 5.39. The Morgan fingerprint density at radius 3 is 3.00 bits per heavy atom. The predicted octanol–water partition coefficient (Wildman–Crippen LogP) is 4.63. The molecule has 0 aliphatic carbocycles. The van der Waals surface area contributed by atoms with Crippen LogP contribution in [0.2, 0.25) is 0 Å². The Balaban J connectivity index is 1.88. The van der Waals surface area contributed by atoms with Crippen LogP contribution < -0.4 is 5.32 Å². The van der Waals surface area contributed by atoms with E-state index in [0.29, 0.717) is 11.3 Å². The lowest BCUT2D eigenvalue weighted by Crippen LogP contribution is -2.33. The van der Waals surface area contributed by atoms with Crippen LogP contribution in [-0.2, 0) is 0 Å². The lowest BCUT2D eigenvalue weighted by Gasteiger charge is -2.29. The van der Waals surface area contributed by atoms with Gasteiger partial charge in [-0.1, -0.05) is 18.6 Å². The van der Waals surface area contributed by atoms with E-state index < -0.39 is 0 Å². The molecule has 2 aromatic rings. The van der Waals surface area contributed by atoms with Gasteiger partial charge in [0.25, 0.3) is 0 Å². The fourth-order valence-corrected chi connectivity index (χ4v) is 5.60. The molecule has 2 atom stereocenters. The summed E-state index contributed by atoms with van der Waals surface area (Å²) in [6, 6.07) is 8.98. The Morgan fingerprint density at radius 1 is 1.33 bits per heavy atom. The van der Waals surface area contributed by atoms with Gasteiger partial charge < -0.3 is 9.73 Å². The van der Waals surface area contributed by atoms with Crippen LogP contribution in [0.25, 0.3) is 11.0 Å². The maximum Gasteiger partial charge on any atom is 0.134 e. The van der Waals surface area contributed by atoms with Gasteiger partial charge in [-0.3, -0.25) is 0 Å². The third kappa shape index (κ3) is 3.61. The van der Waals surface area contributed by atoms with Crippen LogP contribution in [-0.4, -0.2) is 29.1 Å². The van der Waals surface area contributed by atoms with E-state index in [4.69, 9.17) is 4.42 Å². The SMILES string of the molecule is CCCNC(c1cc2cc(C)ccc2o1)C1CSCCS1. The maximum atomic E-state index is 6.15. The zero-order valence-electron chi connectivity index (χ0n) is 12.7. The zero-order valence-corrected chi connectivity index (χ0v) is 14.4. The molecule has 21 heavy (non-hydrogen) atoms. The first-order valence-electron chi connectivity index (χ1n) is 7.70. The molecular weight excluding hydrogens is 298 g/mol. The number of hydrogen-bond donors (Lipinski definition) is 1. The molecule has 0 amide bonds. The Morgan fingerprint density at radius 2 is 2.24 bits per heavy atom. The third-order valence-electron chi connectivity index (χ3n) is 3.83. The number of aryl methyl sites for hydroxylation is 1. The van der Waals surface area contributed by atoms with Gasteiger partial charge in [0.1, 0.15) is 11.3 Å². The molecule has 3 rings (SSSR count). The van der Waals surface area contributed by atoms with Crippen LogP contribution in [0.15, 0.2) is 28.7 Å². The van der Waals surface area contributed by atoms with Crippen LogP contribution in [0.5, 0.6) is 0 Å². The Hall–Kier alpha value is -0.580. The lowest BCUT2D eigenvalue weighted by atomic mass is 10.1. The van der Waals surface area contributed by atoms with Crippen LogP contribution in [0.3, 0.4) is 0 Å². The summed E-state index contributed by atoms with van der Waals surface area (Å²) < 4.78 is 6.15. The van der Waals surface area contributed by atoms with Gasteiger partial charge in [0.2, 0.25) is 0 Å². The molecule has 4 heteroatoms. The number of benzene rings is 1. The van der Waals surface area contributed by atoms with Crippen molar-refractivity contribution >= 4 is 34.5 Å². The molecule has 1 aromatic heterocycles. The molecule has 2 nitrogen and oxygen atoms in total. The quantitative estimate of drug-likeness (QED) is 0.868. The summed E-state index contributed by atoms with van der Waals surface area (Å²) in [6.07, 6.45) is 1.15. The summed E-state index contributed by atoms with van der Waals surface area (Å²) in [5, 5.41) is 5.54.